The number of nitrogens with one attached hydrogen (secondary N) is 1. The minimum absolute atomic E-state index is 0.0435. The molecule has 1 aromatic carbocycles. The van der Waals surface area contributed by atoms with Gasteiger partial charge in [0.05, 0.1) is 0 Å². The quantitative estimate of drug-likeness (QED) is 0.788. The summed E-state index contributed by atoms with van der Waals surface area (Å²) >= 11 is 0. The number of piperazine rings is 1. The van der Waals surface area contributed by atoms with Crippen LogP contribution >= 0.6 is 0 Å². The van der Waals surface area contributed by atoms with Crippen LogP contribution in [0.2, 0.25) is 0 Å². The fraction of sp³-hybridized carbons (Fsp3) is 0.538. The van der Waals surface area contributed by atoms with Crippen LogP contribution in [0.4, 0.5) is 0 Å². The predicted octanol–water partition coefficient (Wildman–Crippen LogP) is 1.08. The Morgan fingerprint density at radius 3 is 2.94 bits per heavy atom. The Labute approximate surface area is 102 Å². The molecule has 4 heteroatoms. The van der Waals surface area contributed by atoms with E-state index in [0.29, 0.717) is 12.6 Å². The first-order valence-corrected chi connectivity index (χ1v) is 6.19. The van der Waals surface area contributed by atoms with Gasteiger partial charge in [0.15, 0.2) is 17.7 Å². The first-order chi connectivity index (χ1) is 8.34. The Balaban J connectivity index is 1.75. The Hall–Kier alpha value is -1.26. The van der Waals surface area contributed by atoms with Crippen molar-refractivity contribution in [2.45, 2.75) is 19.2 Å². The Kier molecular flexibility index (Phi) is 2.91. The van der Waals surface area contributed by atoms with E-state index in [9.17, 15) is 0 Å². The normalized spacial score (nSPS) is 29.0. The van der Waals surface area contributed by atoms with Crippen LogP contribution in [0.5, 0.6) is 11.5 Å². The number of ether oxygens (including phenoxy) is 2. The molecular weight excluding hydrogens is 216 g/mol. The molecule has 1 N–H and O–H groups in total. The number of para-hydroxylation sites is 2. The molecule has 2 heterocycles. The molecule has 0 saturated carbocycles. The van der Waals surface area contributed by atoms with Crippen LogP contribution in [0, 0.1) is 0 Å². The number of hydrogen-bond acceptors (Lipinski definition) is 4. The highest BCUT2D eigenvalue weighted by molar-refractivity contribution is 5.40. The number of fused-ring (bicyclic) bond motifs is 1. The highest BCUT2D eigenvalue weighted by atomic mass is 16.6. The van der Waals surface area contributed by atoms with Gasteiger partial charge in [0, 0.05) is 25.7 Å². The van der Waals surface area contributed by atoms with Crippen molar-refractivity contribution >= 4 is 0 Å². The average molecular weight is 234 g/mol. The van der Waals surface area contributed by atoms with Crippen molar-refractivity contribution in [1.29, 1.82) is 0 Å². The lowest BCUT2D eigenvalue weighted by atomic mass is 10.2. The first kappa shape index (κ1) is 10.9. The average Bonchev–Trinajstić information content (AvgIpc) is 2.39. The smallest absolute Gasteiger partial charge is 0.187 e. The van der Waals surface area contributed by atoms with Gasteiger partial charge >= 0.3 is 0 Å². The zero-order chi connectivity index (χ0) is 11.7. The molecule has 1 aromatic rings. The second-order valence-electron chi connectivity index (χ2n) is 4.62. The standard InChI is InChI=1S/C13H18N2O2/c1-10-8-14-6-7-15(10)13-9-16-11-4-2-3-5-12(11)17-13/h2-5,10,13-14H,6-9H2,1H3. The number of rotatable bonds is 1. The fourth-order valence-corrected chi connectivity index (χ4v) is 2.46. The van der Waals surface area contributed by atoms with E-state index in [1.165, 1.54) is 0 Å². The molecule has 0 spiro atoms. The minimum Gasteiger partial charge on any atom is -0.484 e. The van der Waals surface area contributed by atoms with Crippen LogP contribution in [0.3, 0.4) is 0 Å². The van der Waals surface area contributed by atoms with Crippen LogP contribution in [0.15, 0.2) is 24.3 Å². The summed E-state index contributed by atoms with van der Waals surface area (Å²) in [6.07, 6.45) is 0.0435. The summed E-state index contributed by atoms with van der Waals surface area (Å²) in [5.74, 6) is 1.71. The Morgan fingerprint density at radius 1 is 1.29 bits per heavy atom. The third kappa shape index (κ3) is 2.10. The van der Waals surface area contributed by atoms with Crippen molar-refractivity contribution in [2.24, 2.45) is 0 Å². The van der Waals surface area contributed by atoms with Crippen molar-refractivity contribution in [3.63, 3.8) is 0 Å². The van der Waals surface area contributed by atoms with Gasteiger partial charge < -0.3 is 14.8 Å². The van der Waals surface area contributed by atoms with Crippen molar-refractivity contribution in [3.05, 3.63) is 24.3 Å². The van der Waals surface area contributed by atoms with Gasteiger partial charge in [-0.1, -0.05) is 12.1 Å². The van der Waals surface area contributed by atoms with E-state index in [1.54, 1.807) is 0 Å². The first-order valence-electron chi connectivity index (χ1n) is 6.19. The maximum Gasteiger partial charge on any atom is 0.187 e. The molecule has 3 rings (SSSR count). The lowest BCUT2D eigenvalue weighted by Crippen LogP contribution is -2.57. The third-order valence-corrected chi connectivity index (χ3v) is 3.42. The summed E-state index contributed by atoms with van der Waals surface area (Å²) in [4.78, 5) is 2.37. The molecule has 0 bridgehead atoms. The molecule has 1 fully saturated rings. The molecule has 0 aliphatic carbocycles. The van der Waals surface area contributed by atoms with Crippen molar-refractivity contribution in [2.75, 3.05) is 26.2 Å². The van der Waals surface area contributed by atoms with E-state index in [4.69, 9.17) is 9.47 Å². The summed E-state index contributed by atoms with van der Waals surface area (Å²) in [5.41, 5.74) is 0. The molecule has 2 aliphatic heterocycles. The highest BCUT2D eigenvalue weighted by Crippen LogP contribution is 2.32. The van der Waals surface area contributed by atoms with E-state index in [1.807, 2.05) is 24.3 Å². The maximum atomic E-state index is 6.01. The molecule has 0 radical (unpaired) electrons. The molecule has 0 aromatic heterocycles. The molecule has 2 atom stereocenters. The van der Waals surface area contributed by atoms with E-state index < -0.39 is 0 Å². The molecule has 2 aliphatic rings. The SMILES string of the molecule is CC1CNCCN1C1COc2ccccc2O1. The van der Waals surface area contributed by atoms with E-state index in [-0.39, 0.29) is 6.23 Å². The lowest BCUT2D eigenvalue weighted by molar-refractivity contribution is -0.0547. The third-order valence-electron chi connectivity index (χ3n) is 3.42. The summed E-state index contributed by atoms with van der Waals surface area (Å²) in [6.45, 7) is 5.88. The Bertz CT molecular complexity index is 397. The fourth-order valence-electron chi connectivity index (χ4n) is 2.46. The molecule has 0 amide bonds. The highest BCUT2D eigenvalue weighted by Gasteiger charge is 2.31. The van der Waals surface area contributed by atoms with Crippen molar-refractivity contribution in [1.82, 2.24) is 10.2 Å². The van der Waals surface area contributed by atoms with Crippen LogP contribution in [0.1, 0.15) is 6.92 Å². The van der Waals surface area contributed by atoms with Crippen molar-refractivity contribution < 1.29 is 9.47 Å². The van der Waals surface area contributed by atoms with E-state index in [2.05, 4.69) is 17.1 Å². The summed E-state index contributed by atoms with van der Waals surface area (Å²) < 4.78 is 11.8. The van der Waals surface area contributed by atoms with Crippen LogP contribution in [-0.4, -0.2) is 43.4 Å². The van der Waals surface area contributed by atoms with Crippen LogP contribution < -0.4 is 14.8 Å². The van der Waals surface area contributed by atoms with Gasteiger partial charge in [-0.2, -0.15) is 0 Å². The Morgan fingerprint density at radius 2 is 2.12 bits per heavy atom. The van der Waals surface area contributed by atoms with E-state index >= 15 is 0 Å². The summed E-state index contributed by atoms with van der Waals surface area (Å²) in [6, 6.07) is 8.35. The topological polar surface area (TPSA) is 33.7 Å². The molecule has 4 nitrogen and oxygen atoms in total. The monoisotopic (exact) mass is 234 g/mol. The van der Waals surface area contributed by atoms with Gasteiger partial charge in [-0.05, 0) is 19.1 Å². The van der Waals surface area contributed by atoms with Gasteiger partial charge in [-0.15, -0.1) is 0 Å². The zero-order valence-electron chi connectivity index (χ0n) is 10.1. The molecule has 17 heavy (non-hydrogen) atoms. The lowest BCUT2D eigenvalue weighted by Gasteiger charge is -2.41. The second kappa shape index (κ2) is 4.55. The molecule has 2 unspecified atom stereocenters. The van der Waals surface area contributed by atoms with Crippen LogP contribution in [-0.2, 0) is 0 Å². The van der Waals surface area contributed by atoms with Gasteiger partial charge in [-0.25, -0.2) is 0 Å². The number of benzene rings is 1. The number of hydrogen-bond donors (Lipinski definition) is 1. The minimum atomic E-state index is 0.0435. The van der Waals surface area contributed by atoms with E-state index in [0.717, 1.165) is 31.1 Å². The second-order valence-corrected chi connectivity index (χ2v) is 4.62. The van der Waals surface area contributed by atoms with Crippen molar-refractivity contribution in [3.8, 4) is 11.5 Å². The number of nitrogens with zero attached hydrogens (tertiary/aromatic N) is 1. The summed E-state index contributed by atoms with van der Waals surface area (Å²) in [7, 11) is 0. The summed E-state index contributed by atoms with van der Waals surface area (Å²) in [5, 5.41) is 3.38. The molecule has 92 valence electrons. The largest absolute Gasteiger partial charge is 0.484 e. The maximum absolute atomic E-state index is 6.01. The van der Waals surface area contributed by atoms with Gasteiger partial charge in [0.2, 0.25) is 0 Å². The van der Waals surface area contributed by atoms with Gasteiger partial charge in [0.25, 0.3) is 0 Å². The predicted molar refractivity (Wildman–Crippen MR) is 65.4 cm³/mol. The van der Waals surface area contributed by atoms with Gasteiger partial charge in [0.1, 0.15) is 6.61 Å². The van der Waals surface area contributed by atoms with Crippen LogP contribution in [0.25, 0.3) is 0 Å². The zero-order valence-corrected chi connectivity index (χ0v) is 10.1. The molecule has 1 saturated heterocycles. The van der Waals surface area contributed by atoms with Gasteiger partial charge in [-0.3, -0.25) is 4.90 Å². The molecular formula is C13H18N2O2.